The number of hydrogen-bond donors (Lipinski definition) is 2. The molecule has 142 valence electrons. The molecule has 3 N–H and O–H groups in total. The summed E-state index contributed by atoms with van der Waals surface area (Å²) in [5.41, 5.74) is 7.53. The van der Waals surface area contributed by atoms with Crippen molar-refractivity contribution in [2.75, 3.05) is 12.3 Å². The maximum absolute atomic E-state index is 14.1. The van der Waals surface area contributed by atoms with Gasteiger partial charge in [-0.05, 0) is 38.0 Å². The molecule has 0 aliphatic heterocycles. The zero-order chi connectivity index (χ0) is 18.7. The van der Waals surface area contributed by atoms with E-state index in [1.807, 2.05) is 13.8 Å². The number of nitrogens with one attached hydrogen (secondary N) is 1. The molecule has 2 unspecified atom stereocenters. The van der Waals surface area contributed by atoms with Gasteiger partial charge >= 0.3 is 0 Å². The minimum Gasteiger partial charge on any atom is -0.493 e. The molecule has 4 nitrogen and oxygen atoms in total. The van der Waals surface area contributed by atoms with E-state index in [1.54, 1.807) is 6.07 Å². The van der Waals surface area contributed by atoms with Gasteiger partial charge < -0.3 is 10.5 Å². The van der Waals surface area contributed by atoms with Crippen molar-refractivity contribution in [1.29, 1.82) is 0 Å². The number of rotatable bonds is 6. The first-order valence-corrected chi connectivity index (χ1v) is 9.37. The van der Waals surface area contributed by atoms with Crippen LogP contribution in [0.2, 0.25) is 0 Å². The molecule has 1 fully saturated rings. The number of ether oxygens (including phenoxy) is 1. The molecule has 1 heterocycles. The number of H-pyrrole nitrogens is 1. The fraction of sp³-hybridized carbons (Fsp3) is 0.550. The van der Waals surface area contributed by atoms with Crippen LogP contribution in [0.5, 0.6) is 5.75 Å². The lowest BCUT2D eigenvalue weighted by Gasteiger charge is -2.25. The van der Waals surface area contributed by atoms with Gasteiger partial charge in [-0.15, -0.1) is 0 Å². The second-order valence-corrected chi connectivity index (χ2v) is 7.30. The van der Waals surface area contributed by atoms with E-state index in [9.17, 15) is 8.78 Å². The Bertz CT molecular complexity index is 777. The Morgan fingerprint density at radius 1 is 1.38 bits per heavy atom. The minimum atomic E-state index is -0.759. The smallest absolute Gasteiger partial charge is 0.156 e. The molecule has 1 saturated carbocycles. The summed E-state index contributed by atoms with van der Waals surface area (Å²) in [6, 6.07) is 3.08. The summed E-state index contributed by atoms with van der Waals surface area (Å²) in [6.07, 6.45) is 5.91. The van der Waals surface area contributed by atoms with E-state index in [-0.39, 0.29) is 11.7 Å². The van der Waals surface area contributed by atoms with Crippen LogP contribution >= 0.6 is 0 Å². The van der Waals surface area contributed by atoms with Gasteiger partial charge in [0.15, 0.2) is 5.82 Å². The SMILES string of the molecule is CCC(F)C(C)C=C1CCC(COc2cc(F)c3c(N)n[nH]c3c2)CC1. The highest BCUT2D eigenvalue weighted by atomic mass is 19.1. The molecule has 0 saturated heterocycles. The van der Waals surface area contributed by atoms with Crippen molar-refractivity contribution in [3.05, 3.63) is 29.6 Å². The van der Waals surface area contributed by atoms with Gasteiger partial charge in [-0.2, -0.15) is 5.10 Å². The minimum absolute atomic E-state index is 0.0145. The normalized spacial score (nSPS) is 20.2. The van der Waals surface area contributed by atoms with E-state index < -0.39 is 12.0 Å². The monoisotopic (exact) mass is 363 g/mol. The molecule has 1 aliphatic carbocycles. The Labute approximate surface area is 152 Å². The van der Waals surface area contributed by atoms with E-state index in [2.05, 4.69) is 16.3 Å². The van der Waals surface area contributed by atoms with Crippen molar-refractivity contribution >= 4 is 16.7 Å². The number of aromatic nitrogens is 2. The first-order chi connectivity index (χ1) is 12.5. The van der Waals surface area contributed by atoms with Crippen molar-refractivity contribution in [2.24, 2.45) is 11.8 Å². The molecule has 1 aromatic carbocycles. The van der Waals surface area contributed by atoms with Crippen LogP contribution in [0.3, 0.4) is 0 Å². The largest absolute Gasteiger partial charge is 0.493 e. The van der Waals surface area contributed by atoms with Gasteiger partial charge in [0.2, 0.25) is 0 Å². The standard InChI is InChI=1S/C20H27F2N3O/c1-3-16(21)12(2)8-13-4-6-14(7-5-13)11-26-15-9-17(22)19-18(10-15)24-25-20(19)23/h8-10,12,14,16H,3-7,11H2,1-2H3,(H3,23,24,25). The summed E-state index contributed by atoms with van der Waals surface area (Å²) in [5, 5.41) is 6.84. The number of fused-ring (bicyclic) bond motifs is 1. The molecule has 2 aromatic rings. The number of nitrogens with zero attached hydrogens (tertiary/aromatic N) is 1. The number of halogens is 2. The van der Waals surface area contributed by atoms with E-state index >= 15 is 0 Å². The fourth-order valence-electron chi connectivity index (χ4n) is 3.63. The fourth-order valence-corrected chi connectivity index (χ4v) is 3.63. The predicted octanol–water partition coefficient (Wildman–Crippen LogP) is 5.16. The number of anilines is 1. The molecule has 0 amide bonds. The molecule has 6 heteroatoms. The average Bonchev–Trinajstić information content (AvgIpc) is 3.01. The maximum Gasteiger partial charge on any atom is 0.156 e. The average molecular weight is 363 g/mol. The lowest BCUT2D eigenvalue weighted by Crippen LogP contribution is -2.17. The molecule has 26 heavy (non-hydrogen) atoms. The number of nitrogen functional groups attached to an aromatic ring is 1. The Morgan fingerprint density at radius 2 is 2.12 bits per heavy atom. The van der Waals surface area contributed by atoms with E-state index in [0.29, 0.717) is 35.6 Å². The van der Waals surface area contributed by atoms with E-state index in [4.69, 9.17) is 10.5 Å². The zero-order valence-corrected chi connectivity index (χ0v) is 15.4. The van der Waals surface area contributed by atoms with Crippen LogP contribution in [-0.2, 0) is 0 Å². The number of benzene rings is 1. The molecular weight excluding hydrogens is 336 g/mol. The molecule has 1 aliphatic rings. The van der Waals surface area contributed by atoms with Crippen LogP contribution in [0.4, 0.5) is 14.6 Å². The van der Waals surface area contributed by atoms with E-state index in [0.717, 1.165) is 25.7 Å². The lowest BCUT2D eigenvalue weighted by atomic mass is 9.84. The van der Waals surface area contributed by atoms with E-state index in [1.165, 1.54) is 11.6 Å². The van der Waals surface area contributed by atoms with Crippen molar-refractivity contribution in [2.45, 2.75) is 52.1 Å². The first-order valence-electron chi connectivity index (χ1n) is 9.37. The summed E-state index contributed by atoms with van der Waals surface area (Å²) < 4.78 is 33.6. The summed E-state index contributed by atoms with van der Waals surface area (Å²) >= 11 is 0. The lowest BCUT2D eigenvalue weighted by molar-refractivity contribution is 0.220. The molecule has 0 radical (unpaired) electrons. The number of alkyl halides is 1. The van der Waals surface area contributed by atoms with Crippen LogP contribution in [0.15, 0.2) is 23.8 Å². The van der Waals surface area contributed by atoms with Crippen LogP contribution in [-0.4, -0.2) is 23.0 Å². The molecule has 0 spiro atoms. The summed E-state index contributed by atoms with van der Waals surface area (Å²) in [5.74, 6) is 0.628. The summed E-state index contributed by atoms with van der Waals surface area (Å²) in [4.78, 5) is 0. The third-order valence-corrected chi connectivity index (χ3v) is 5.31. The Balaban J connectivity index is 1.53. The van der Waals surface area contributed by atoms with Crippen LogP contribution in [0.25, 0.3) is 10.9 Å². The highest BCUT2D eigenvalue weighted by Crippen LogP contribution is 2.32. The number of aromatic amines is 1. The Kier molecular flexibility index (Phi) is 5.79. The van der Waals surface area contributed by atoms with Gasteiger partial charge in [-0.1, -0.05) is 25.5 Å². The quantitative estimate of drug-likeness (QED) is 0.697. The topological polar surface area (TPSA) is 63.9 Å². The maximum atomic E-state index is 14.1. The number of nitrogens with two attached hydrogens (primary N) is 1. The Morgan fingerprint density at radius 3 is 2.81 bits per heavy atom. The van der Waals surface area contributed by atoms with Crippen LogP contribution < -0.4 is 10.5 Å². The first kappa shape index (κ1) is 18.7. The molecular formula is C20H27F2N3O. The molecule has 1 aromatic heterocycles. The highest BCUT2D eigenvalue weighted by Gasteiger charge is 2.20. The van der Waals surface area contributed by atoms with Crippen molar-refractivity contribution in [3.63, 3.8) is 0 Å². The van der Waals surface area contributed by atoms with Gasteiger partial charge in [-0.25, -0.2) is 8.78 Å². The van der Waals surface area contributed by atoms with Gasteiger partial charge in [0.25, 0.3) is 0 Å². The number of allylic oxidation sites excluding steroid dienone is 2. The third-order valence-electron chi connectivity index (χ3n) is 5.31. The van der Waals surface area contributed by atoms with Gasteiger partial charge in [0.05, 0.1) is 17.5 Å². The van der Waals surface area contributed by atoms with Gasteiger partial charge in [0, 0.05) is 18.1 Å². The van der Waals surface area contributed by atoms with Crippen molar-refractivity contribution in [3.8, 4) is 5.75 Å². The van der Waals surface area contributed by atoms with Crippen LogP contribution in [0.1, 0.15) is 46.0 Å². The van der Waals surface area contributed by atoms with Gasteiger partial charge in [-0.3, -0.25) is 5.10 Å². The zero-order valence-electron chi connectivity index (χ0n) is 15.4. The second-order valence-electron chi connectivity index (χ2n) is 7.30. The van der Waals surface area contributed by atoms with Crippen molar-refractivity contribution in [1.82, 2.24) is 10.2 Å². The van der Waals surface area contributed by atoms with Gasteiger partial charge in [0.1, 0.15) is 17.7 Å². The second kappa shape index (κ2) is 8.06. The Hall–Kier alpha value is -2.11. The van der Waals surface area contributed by atoms with Crippen LogP contribution in [0, 0.1) is 17.7 Å². The summed E-state index contributed by atoms with van der Waals surface area (Å²) in [7, 11) is 0. The third kappa shape index (κ3) is 4.17. The molecule has 2 atom stereocenters. The number of hydrogen-bond acceptors (Lipinski definition) is 3. The predicted molar refractivity (Wildman–Crippen MR) is 100 cm³/mol. The molecule has 3 rings (SSSR count). The van der Waals surface area contributed by atoms with Crippen molar-refractivity contribution < 1.29 is 13.5 Å². The molecule has 0 bridgehead atoms. The highest BCUT2D eigenvalue weighted by molar-refractivity contribution is 5.90. The summed E-state index contributed by atoms with van der Waals surface area (Å²) in [6.45, 7) is 4.38.